The Bertz CT molecular complexity index is 342. The van der Waals surface area contributed by atoms with Crippen molar-refractivity contribution in [2.45, 2.75) is 19.9 Å². The monoisotopic (exact) mass is 226 g/mol. The van der Waals surface area contributed by atoms with Crippen molar-refractivity contribution in [1.82, 2.24) is 0 Å². The SMILES string of the molecule is CCN(CCO)c1cccc(F)c1C(C)N. The van der Waals surface area contributed by atoms with Crippen molar-refractivity contribution in [3.8, 4) is 0 Å². The summed E-state index contributed by atoms with van der Waals surface area (Å²) in [6.07, 6.45) is 0. The van der Waals surface area contributed by atoms with Gasteiger partial charge in [-0.15, -0.1) is 0 Å². The molecule has 1 atom stereocenters. The molecule has 0 fully saturated rings. The minimum Gasteiger partial charge on any atom is -0.395 e. The van der Waals surface area contributed by atoms with Crippen LogP contribution in [-0.4, -0.2) is 24.8 Å². The Morgan fingerprint density at radius 1 is 1.50 bits per heavy atom. The van der Waals surface area contributed by atoms with E-state index >= 15 is 0 Å². The van der Waals surface area contributed by atoms with E-state index in [1.54, 1.807) is 13.0 Å². The lowest BCUT2D eigenvalue weighted by atomic mass is 10.0. The first kappa shape index (κ1) is 12.9. The summed E-state index contributed by atoms with van der Waals surface area (Å²) in [7, 11) is 0. The Balaban J connectivity index is 3.15. The second-order valence-corrected chi connectivity index (χ2v) is 3.76. The van der Waals surface area contributed by atoms with Gasteiger partial charge >= 0.3 is 0 Å². The number of nitrogens with zero attached hydrogens (tertiary/aromatic N) is 1. The van der Waals surface area contributed by atoms with E-state index in [1.807, 2.05) is 17.9 Å². The second-order valence-electron chi connectivity index (χ2n) is 3.76. The molecule has 0 aliphatic heterocycles. The lowest BCUT2D eigenvalue weighted by Gasteiger charge is -2.26. The van der Waals surface area contributed by atoms with Crippen molar-refractivity contribution in [1.29, 1.82) is 0 Å². The number of halogens is 1. The molecule has 0 aliphatic rings. The predicted octanol–water partition coefficient (Wildman–Crippen LogP) is 1.66. The molecule has 0 bridgehead atoms. The quantitative estimate of drug-likeness (QED) is 0.803. The van der Waals surface area contributed by atoms with Gasteiger partial charge < -0.3 is 15.7 Å². The summed E-state index contributed by atoms with van der Waals surface area (Å²) in [6, 6.07) is 4.55. The maximum absolute atomic E-state index is 13.7. The Morgan fingerprint density at radius 3 is 2.69 bits per heavy atom. The maximum atomic E-state index is 13.7. The normalized spacial score (nSPS) is 12.6. The molecular weight excluding hydrogens is 207 g/mol. The molecule has 1 rings (SSSR count). The third-order valence-electron chi connectivity index (χ3n) is 2.58. The van der Waals surface area contributed by atoms with Crippen LogP contribution in [0.2, 0.25) is 0 Å². The van der Waals surface area contributed by atoms with Crippen molar-refractivity contribution in [3.05, 3.63) is 29.6 Å². The molecule has 0 saturated carbocycles. The Hall–Kier alpha value is -1.13. The van der Waals surface area contributed by atoms with Crippen LogP contribution in [0.4, 0.5) is 10.1 Å². The highest BCUT2D eigenvalue weighted by atomic mass is 19.1. The van der Waals surface area contributed by atoms with Crippen molar-refractivity contribution in [2.24, 2.45) is 5.73 Å². The average Bonchev–Trinajstić information content (AvgIpc) is 2.25. The third-order valence-corrected chi connectivity index (χ3v) is 2.58. The lowest BCUT2D eigenvalue weighted by Crippen LogP contribution is -2.28. The number of hydrogen-bond donors (Lipinski definition) is 2. The number of likely N-dealkylation sites (N-methyl/N-ethyl adjacent to an activating group) is 1. The van der Waals surface area contributed by atoms with Crippen molar-refractivity contribution in [3.63, 3.8) is 0 Å². The molecule has 1 aromatic rings. The molecule has 0 radical (unpaired) electrons. The molecule has 4 heteroatoms. The maximum Gasteiger partial charge on any atom is 0.130 e. The zero-order chi connectivity index (χ0) is 12.1. The highest BCUT2D eigenvalue weighted by Crippen LogP contribution is 2.27. The standard InChI is InChI=1S/C12H19FN2O/c1-3-15(7-8-16)11-6-4-5-10(13)12(11)9(2)14/h4-6,9,16H,3,7-8,14H2,1-2H3. The fourth-order valence-electron chi connectivity index (χ4n) is 1.82. The zero-order valence-corrected chi connectivity index (χ0v) is 9.78. The van der Waals surface area contributed by atoms with Crippen molar-refractivity contribution in [2.75, 3.05) is 24.6 Å². The van der Waals surface area contributed by atoms with E-state index in [4.69, 9.17) is 10.8 Å². The lowest BCUT2D eigenvalue weighted by molar-refractivity contribution is 0.302. The van der Waals surface area contributed by atoms with Gasteiger partial charge in [-0.05, 0) is 26.0 Å². The molecule has 0 aliphatic carbocycles. The number of benzene rings is 1. The Morgan fingerprint density at radius 2 is 2.19 bits per heavy atom. The molecule has 3 N–H and O–H groups in total. The van der Waals surface area contributed by atoms with Gasteiger partial charge in [-0.25, -0.2) is 4.39 Å². The van der Waals surface area contributed by atoms with Gasteiger partial charge in [0.05, 0.1) is 6.61 Å². The minimum absolute atomic E-state index is 0.0444. The van der Waals surface area contributed by atoms with E-state index in [0.717, 1.165) is 5.69 Å². The minimum atomic E-state index is -0.357. The van der Waals surface area contributed by atoms with Crippen LogP contribution < -0.4 is 10.6 Å². The van der Waals surface area contributed by atoms with Crippen LogP contribution in [0, 0.1) is 5.82 Å². The van der Waals surface area contributed by atoms with Crippen LogP contribution in [0.25, 0.3) is 0 Å². The van der Waals surface area contributed by atoms with Gasteiger partial charge in [-0.3, -0.25) is 0 Å². The first-order valence-electron chi connectivity index (χ1n) is 5.51. The highest BCUT2D eigenvalue weighted by molar-refractivity contribution is 5.55. The predicted molar refractivity (Wildman–Crippen MR) is 64.0 cm³/mol. The van der Waals surface area contributed by atoms with Crippen LogP contribution in [0.3, 0.4) is 0 Å². The van der Waals surface area contributed by atoms with Crippen molar-refractivity contribution < 1.29 is 9.50 Å². The first-order valence-corrected chi connectivity index (χ1v) is 5.51. The molecule has 3 nitrogen and oxygen atoms in total. The Labute approximate surface area is 95.7 Å². The van der Waals surface area contributed by atoms with E-state index in [2.05, 4.69) is 0 Å². The molecule has 0 spiro atoms. The van der Waals surface area contributed by atoms with Crippen LogP contribution in [0.5, 0.6) is 0 Å². The van der Waals surface area contributed by atoms with Gasteiger partial charge in [0, 0.05) is 30.4 Å². The largest absolute Gasteiger partial charge is 0.395 e. The van der Waals surface area contributed by atoms with E-state index in [9.17, 15) is 4.39 Å². The molecule has 0 aromatic heterocycles. The van der Waals surface area contributed by atoms with E-state index in [1.165, 1.54) is 6.07 Å². The number of aliphatic hydroxyl groups excluding tert-OH is 1. The van der Waals surface area contributed by atoms with E-state index in [-0.39, 0.29) is 18.5 Å². The molecule has 1 aromatic carbocycles. The second kappa shape index (κ2) is 5.82. The van der Waals surface area contributed by atoms with Gasteiger partial charge in [0.2, 0.25) is 0 Å². The highest BCUT2D eigenvalue weighted by Gasteiger charge is 2.16. The zero-order valence-electron chi connectivity index (χ0n) is 9.78. The van der Waals surface area contributed by atoms with E-state index in [0.29, 0.717) is 18.7 Å². The summed E-state index contributed by atoms with van der Waals surface area (Å²) >= 11 is 0. The van der Waals surface area contributed by atoms with Gasteiger partial charge in [0.1, 0.15) is 5.82 Å². The van der Waals surface area contributed by atoms with Crippen LogP contribution in [-0.2, 0) is 0 Å². The molecule has 0 amide bonds. The van der Waals surface area contributed by atoms with Gasteiger partial charge in [0.25, 0.3) is 0 Å². The summed E-state index contributed by atoms with van der Waals surface area (Å²) in [4.78, 5) is 1.92. The summed E-state index contributed by atoms with van der Waals surface area (Å²) < 4.78 is 13.7. The summed E-state index contributed by atoms with van der Waals surface area (Å²) in [5.41, 5.74) is 7.06. The molecule has 90 valence electrons. The number of nitrogens with two attached hydrogens (primary N) is 1. The van der Waals surface area contributed by atoms with Crippen LogP contribution >= 0.6 is 0 Å². The fourth-order valence-corrected chi connectivity index (χ4v) is 1.82. The van der Waals surface area contributed by atoms with Crippen LogP contribution in [0.1, 0.15) is 25.5 Å². The summed E-state index contributed by atoms with van der Waals surface area (Å²) in [5.74, 6) is -0.288. The number of anilines is 1. The molecule has 0 saturated heterocycles. The topological polar surface area (TPSA) is 49.5 Å². The average molecular weight is 226 g/mol. The van der Waals surface area contributed by atoms with E-state index < -0.39 is 0 Å². The van der Waals surface area contributed by atoms with Gasteiger partial charge in [-0.1, -0.05) is 6.07 Å². The molecule has 1 unspecified atom stereocenters. The Kier molecular flexibility index (Phi) is 4.71. The smallest absolute Gasteiger partial charge is 0.130 e. The number of hydrogen-bond acceptors (Lipinski definition) is 3. The van der Waals surface area contributed by atoms with Gasteiger partial charge in [-0.2, -0.15) is 0 Å². The van der Waals surface area contributed by atoms with Crippen molar-refractivity contribution >= 4 is 5.69 Å². The molecule has 16 heavy (non-hydrogen) atoms. The third kappa shape index (κ3) is 2.71. The summed E-state index contributed by atoms with van der Waals surface area (Å²) in [5, 5.41) is 8.96. The number of rotatable bonds is 5. The molecule has 0 heterocycles. The fraction of sp³-hybridized carbons (Fsp3) is 0.500. The van der Waals surface area contributed by atoms with Crippen LogP contribution in [0.15, 0.2) is 18.2 Å². The molecular formula is C12H19FN2O. The number of aliphatic hydroxyl groups is 1. The van der Waals surface area contributed by atoms with Gasteiger partial charge in [0.15, 0.2) is 0 Å². The first-order chi connectivity index (χ1) is 7.61. The summed E-state index contributed by atoms with van der Waals surface area (Å²) in [6.45, 7) is 4.96.